The van der Waals surface area contributed by atoms with Crippen molar-refractivity contribution in [3.63, 3.8) is 0 Å². The number of aromatic nitrogens is 2. The molecule has 0 aromatic carbocycles. The molecule has 0 radical (unpaired) electrons. The van der Waals surface area contributed by atoms with Crippen molar-refractivity contribution in [1.82, 2.24) is 15.1 Å². The second-order valence-corrected chi connectivity index (χ2v) is 5.10. The highest BCUT2D eigenvalue weighted by Crippen LogP contribution is 2.29. The molecule has 2 aliphatic rings. The Morgan fingerprint density at radius 2 is 1.94 bits per heavy atom. The fourth-order valence-electron chi connectivity index (χ4n) is 2.53. The van der Waals surface area contributed by atoms with Gasteiger partial charge in [-0.25, -0.2) is 0 Å². The quantitative estimate of drug-likeness (QED) is 0.869. The van der Waals surface area contributed by atoms with Gasteiger partial charge in [-0.1, -0.05) is 0 Å². The van der Waals surface area contributed by atoms with Gasteiger partial charge in [0, 0.05) is 25.2 Å². The van der Waals surface area contributed by atoms with E-state index in [1.807, 2.05) is 12.1 Å². The lowest BCUT2D eigenvalue weighted by atomic mass is 10.0. The molecule has 1 aliphatic heterocycles. The maximum absolute atomic E-state index is 8.66. The molecule has 1 aliphatic carbocycles. The summed E-state index contributed by atoms with van der Waals surface area (Å²) in [6.07, 6.45) is 5.11. The van der Waals surface area contributed by atoms with Crippen LogP contribution in [0.1, 0.15) is 31.4 Å². The summed E-state index contributed by atoms with van der Waals surface area (Å²) in [4.78, 5) is 2.60. The zero-order valence-corrected chi connectivity index (χ0v) is 10.3. The predicted octanol–water partition coefficient (Wildman–Crippen LogP) is 1.39. The Kier molecular flexibility index (Phi) is 3.11. The van der Waals surface area contributed by atoms with Crippen molar-refractivity contribution in [3.05, 3.63) is 17.8 Å². The van der Waals surface area contributed by atoms with Crippen molar-refractivity contribution in [2.75, 3.05) is 18.4 Å². The van der Waals surface area contributed by atoms with Gasteiger partial charge in [0.15, 0.2) is 5.69 Å². The van der Waals surface area contributed by atoms with E-state index in [-0.39, 0.29) is 0 Å². The second kappa shape index (κ2) is 4.91. The van der Waals surface area contributed by atoms with Gasteiger partial charge in [-0.05, 0) is 37.8 Å². The van der Waals surface area contributed by atoms with Crippen LogP contribution >= 0.6 is 0 Å². The monoisotopic (exact) mass is 243 g/mol. The summed E-state index contributed by atoms with van der Waals surface area (Å²) in [5.41, 5.74) is 0.365. The molecule has 0 atom stereocenters. The Morgan fingerprint density at radius 3 is 2.50 bits per heavy atom. The number of nitriles is 1. The maximum atomic E-state index is 8.66. The molecule has 1 N–H and O–H groups in total. The van der Waals surface area contributed by atoms with E-state index < -0.39 is 0 Å². The Balaban J connectivity index is 1.52. The first-order valence-electron chi connectivity index (χ1n) is 6.59. The average Bonchev–Trinajstić information content (AvgIpc) is 3.25. The molecule has 18 heavy (non-hydrogen) atoms. The molecule has 5 heteroatoms. The third-order valence-corrected chi connectivity index (χ3v) is 3.72. The van der Waals surface area contributed by atoms with Gasteiger partial charge < -0.3 is 10.2 Å². The Labute approximate surface area is 107 Å². The van der Waals surface area contributed by atoms with Gasteiger partial charge in [0.1, 0.15) is 11.9 Å². The molecule has 0 bridgehead atoms. The molecular weight excluding hydrogens is 226 g/mol. The van der Waals surface area contributed by atoms with Gasteiger partial charge in [0.05, 0.1) is 0 Å². The van der Waals surface area contributed by atoms with Crippen molar-refractivity contribution in [3.8, 4) is 6.07 Å². The maximum Gasteiger partial charge on any atom is 0.163 e. The molecular formula is C13H17N5. The lowest BCUT2D eigenvalue weighted by Crippen LogP contribution is -2.40. The third-order valence-electron chi connectivity index (χ3n) is 3.72. The van der Waals surface area contributed by atoms with E-state index >= 15 is 0 Å². The van der Waals surface area contributed by atoms with Crippen molar-refractivity contribution in [2.45, 2.75) is 37.8 Å². The first-order valence-corrected chi connectivity index (χ1v) is 6.59. The summed E-state index contributed by atoms with van der Waals surface area (Å²) in [6.45, 7) is 2.37. The van der Waals surface area contributed by atoms with E-state index in [9.17, 15) is 0 Å². The molecule has 0 amide bonds. The molecule has 1 aromatic rings. The minimum absolute atomic E-state index is 0.365. The predicted molar refractivity (Wildman–Crippen MR) is 68.0 cm³/mol. The fraction of sp³-hybridized carbons (Fsp3) is 0.615. The second-order valence-electron chi connectivity index (χ2n) is 5.10. The van der Waals surface area contributed by atoms with Gasteiger partial charge in [-0.3, -0.25) is 0 Å². The Morgan fingerprint density at radius 1 is 1.17 bits per heavy atom. The number of hydrogen-bond donors (Lipinski definition) is 1. The van der Waals surface area contributed by atoms with E-state index in [1.165, 1.54) is 25.9 Å². The van der Waals surface area contributed by atoms with Crippen LogP contribution in [0.3, 0.4) is 0 Å². The van der Waals surface area contributed by atoms with Crippen LogP contribution in [-0.4, -0.2) is 40.3 Å². The van der Waals surface area contributed by atoms with Crippen LogP contribution in [0.15, 0.2) is 12.1 Å². The molecule has 0 unspecified atom stereocenters. The molecule has 5 nitrogen and oxygen atoms in total. The summed E-state index contributed by atoms with van der Waals surface area (Å²) >= 11 is 0. The summed E-state index contributed by atoms with van der Waals surface area (Å²) in [7, 11) is 0. The summed E-state index contributed by atoms with van der Waals surface area (Å²) in [5.74, 6) is 0.777. The third kappa shape index (κ3) is 2.59. The van der Waals surface area contributed by atoms with Crippen LogP contribution in [0.2, 0.25) is 0 Å². The SMILES string of the molecule is N#Cc1ccc(NC2CCN(C3CC3)CC2)nn1. The first kappa shape index (κ1) is 11.4. The van der Waals surface area contributed by atoms with Crippen LogP contribution in [0.5, 0.6) is 0 Å². The van der Waals surface area contributed by atoms with Gasteiger partial charge in [-0.15, -0.1) is 10.2 Å². The van der Waals surface area contributed by atoms with E-state index in [0.717, 1.165) is 24.7 Å². The van der Waals surface area contributed by atoms with Crippen LogP contribution in [0.25, 0.3) is 0 Å². The van der Waals surface area contributed by atoms with Gasteiger partial charge in [0.2, 0.25) is 0 Å². The standard InChI is InChI=1S/C13H17N5/c14-9-11-1-4-13(17-16-11)15-10-5-7-18(8-6-10)12-2-3-12/h1,4,10,12H,2-3,5-8H2,(H,15,17). The average molecular weight is 243 g/mol. The van der Waals surface area contributed by atoms with E-state index in [1.54, 1.807) is 6.07 Å². The normalized spacial score (nSPS) is 21.5. The molecule has 94 valence electrons. The minimum Gasteiger partial charge on any atom is -0.366 e. The van der Waals surface area contributed by atoms with E-state index in [2.05, 4.69) is 20.4 Å². The summed E-state index contributed by atoms with van der Waals surface area (Å²) < 4.78 is 0. The van der Waals surface area contributed by atoms with Crippen LogP contribution in [-0.2, 0) is 0 Å². The highest BCUT2D eigenvalue weighted by molar-refractivity contribution is 5.36. The number of hydrogen-bond acceptors (Lipinski definition) is 5. The Bertz CT molecular complexity index is 437. The lowest BCUT2D eigenvalue weighted by Gasteiger charge is -2.32. The molecule has 1 saturated heterocycles. The van der Waals surface area contributed by atoms with Crippen LogP contribution in [0.4, 0.5) is 5.82 Å². The molecule has 2 fully saturated rings. The van der Waals surface area contributed by atoms with Gasteiger partial charge in [-0.2, -0.15) is 5.26 Å². The van der Waals surface area contributed by atoms with E-state index in [0.29, 0.717) is 11.7 Å². The molecule has 2 heterocycles. The summed E-state index contributed by atoms with van der Waals surface area (Å²) in [6, 6.07) is 6.87. The Hall–Kier alpha value is -1.67. The van der Waals surface area contributed by atoms with Gasteiger partial charge >= 0.3 is 0 Å². The topological polar surface area (TPSA) is 64.8 Å². The zero-order chi connectivity index (χ0) is 12.4. The molecule has 0 spiro atoms. The number of nitrogens with one attached hydrogen (secondary N) is 1. The number of piperidine rings is 1. The van der Waals surface area contributed by atoms with Crippen LogP contribution in [0, 0.1) is 11.3 Å². The molecule has 3 rings (SSSR count). The summed E-state index contributed by atoms with van der Waals surface area (Å²) in [5, 5.41) is 19.9. The fourth-order valence-corrected chi connectivity index (χ4v) is 2.53. The highest BCUT2D eigenvalue weighted by atomic mass is 15.2. The lowest BCUT2D eigenvalue weighted by molar-refractivity contribution is 0.210. The van der Waals surface area contributed by atoms with Crippen LogP contribution < -0.4 is 5.32 Å². The number of nitrogens with zero attached hydrogens (tertiary/aromatic N) is 4. The van der Waals surface area contributed by atoms with Crippen molar-refractivity contribution in [1.29, 1.82) is 5.26 Å². The number of anilines is 1. The minimum atomic E-state index is 0.365. The zero-order valence-electron chi connectivity index (χ0n) is 10.3. The largest absolute Gasteiger partial charge is 0.366 e. The van der Waals surface area contributed by atoms with Crippen molar-refractivity contribution >= 4 is 5.82 Å². The highest BCUT2D eigenvalue weighted by Gasteiger charge is 2.31. The molecule has 1 aromatic heterocycles. The van der Waals surface area contributed by atoms with Crippen molar-refractivity contribution in [2.24, 2.45) is 0 Å². The van der Waals surface area contributed by atoms with E-state index in [4.69, 9.17) is 5.26 Å². The number of rotatable bonds is 3. The van der Waals surface area contributed by atoms with Crippen molar-refractivity contribution < 1.29 is 0 Å². The van der Waals surface area contributed by atoms with Gasteiger partial charge in [0.25, 0.3) is 0 Å². The first-order chi connectivity index (χ1) is 8.85. The number of likely N-dealkylation sites (tertiary alicyclic amines) is 1. The molecule has 1 saturated carbocycles. The smallest absolute Gasteiger partial charge is 0.163 e.